The van der Waals surface area contributed by atoms with Gasteiger partial charge in [-0.15, -0.1) is 0 Å². The predicted molar refractivity (Wildman–Crippen MR) is 116 cm³/mol. The van der Waals surface area contributed by atoms with Gasteiger partial charge in [-0.25, -0.2) is 4.99 Å². The van der Waals surface area contributed by atoms with E-state index in [1.165, 1.54) is 18.9 Å². The Balaban J connectivity index is 1.63. The van der Waals surface area contributed by atoms with Crippen molar-refractivity contribution in [2.75, 3.05) is 0 Å². The Morgan fingerprint density at radius 3 is 2.62 bits per heavy atom. The summed E-state index contributed by atoms with van der Waals surface area (Å²) in [6, 6.07) is -0.00312. The van der Waals surface area contributed by atoms with Crippen molar-refractivity contribution in [1.82, 2.24) is 0 Å². The molecule has 3 saturated carbocycles. The van der Waals surface area contributed by atoms with Crippen LogP contribution in [0.4, 0.5) is 0 Å². The van der Waals surface area contributed by atoms with E-state index in [4.69, 9.17) is 17.0 Å². The van der Waals surface area contributed by atoms with E-state index in [0.29, 0.717) is 17.8 Å². The number of isothiocyanates is 1. The number of ketones is 1. The van der Waals surface area contributed by atoms with Crippen LogP contribution in [0.1, 0.15) is 72.6 Å². The molecule has 0 aromatic carbocycles. The van der Waals surface area contributed by atoms with Crippen molar-refractivity contribution in [3.63, 3.8) is 0 Å². The second-order valence-electron chi connectivity index (χ2n) is 10.4. The van der Waals surface area contributed by atoms with Gasteiger partial charge in [0.1, 0.15) is 11.9 Å². The van der Waals surface area contributed by atoms with Crippen LogP contribution in [0.3, 0.4) is 0 Å². The summed E-state index contributed by atoms with van der Waals surface area (Å²) in [7, 11) is 0. The van der Waals surface area contributed by atoms with Gasteiger partial charge in [0.2, 0.25) is 0 Å². The minimum absolute atomic E-state index is 0.00312. The zero-order valence-electron chi connectivity index (χ0n) is 18.1. The first kappa shape index (κ1) is 20.9. The van der Waals surface area contributed by atoms with Crippen LogP contribution in [0.5, 0.6) is 0 Å². The molecule has 3 fully saturated rings. The summed E-state index contributed by atoms with van der Waals surface area (Å²) in [6.45, 7) is 8.00. The van der Waals surface area contributed by atoms with E-state index < -0.39 is 0 Å². The second kappa shape index (κ2) is 7.42. The van der Waals surface area contributed by atoms with E-state index in [2.05, 4.69) is 30.1 Å². The zero-order valence-corrected chi connectivity index (χ0v) is 18.9. The van der Waals surface area contributed by atoms with Crippen LogP contribution in [0.15, 0.2) is 16.6 Å². The molecule has 0 saturated heterocycles. The fourth-order valence-electron chi connectivity index (χ4n) is 7.91. The molecule has 0 aromatic rings. The number of Topliss-reactive ketones (excluding diaryl/α,β-unsaturated/α-hetero) is 1. The molecule has 29 heavy (non-hydrogen) atoms. The molecule has 158 valence electrons. The lowest BCUT2D eigenvalue weighted by molar-refractivity contribution is -0.149. The summed E-state index contributed by atoms with van der Waals surface area (Å²) >= 11 is 4.91. The van der Waals surface area contributed by atoms with Gasteiger partial charge in [-0.2, -0.15) is 0 Å². The van der Waals surface area contributed by atoms with Crippen molar-refractivity contribution < 1.29 is 14.3 Å². The normalized spacial score (nSPS) is 45.7. The number of nitrogens with zero attached hydrogens (tertiary/aromatic N) is 1. The lowest BCUT2D eigenvalue weighted by Gasteiger charge is -2.57. The molecule has 5 heteroatoms. The van der Waals surface area contributed by atoms with Crippen LogP contribution in [0.25, 0.3) is 0 Å². The number of aliphatic imine (C=N–C) groups is 1. The van der Waals surface area contributed by atoms with Crippen LogP contribution in [0, 0.1) is 34.5 Å². The molecule has 4 rings (SSSR count). The molecule has 0 spiro atoms. The van der Waals surface area contributed by atoms with E-state index in [1.807, 2.05) is 0 Å². The van der Waals surface area contributed by atoms with Gasteiger partial charge >= 0.3 is 5.97 Å². The van der Waals surface area contributed by atoms with E-state index >= 15 is 0 Å². The number of carbonyl (C=O) groups excluding carboxylic acids is 2. The highest BCUT2D eigenvalue weighted by Gasteiger charge is 2.62. The SMILES string of the molecule is CC(=O)O[C@H]1CC[C@@]2(C)C(=CC[C@H]3[C@@H]4CC(N=C=S)[C@H](C(C)=O)[C@@]4(C)CC[C@@H]32)C1. The van der Waals surface area contributed by atoms with Crippen LogP contribution in [0.2, 0.25) is 0 Å². The summed E-state index contributed by atoms with van der Waals surface area (Å²) < 4.78 is 5.54. The van der Waals surface area contributed by atoms with Crippen molar-refractivity contribution in [3.05, 3.63) is 11.6 Å². The van der Waals surface area contributed by atoms with Gasteiger partial charge in [0, 0.05) is 19.3 Å². The lowest BCUT2D eigenvalue weighted by Crippen LogP contribution is -2.51. The van der Waals surface area contributed by atoms with Gasteiger partial charge in [0.25, 0.3) is 0 Å². The molecule has 8 atom stereocenters. The van der Waals surface area contributed by atoms with E-state index in [0.717, 1.165) is 38.5 Å². The molecule has 0 heterocycles. The van der Waals surface area contributed by atoms with Crippen LogP contribution >= 0.6 is 12.2 Å². The Kier molecular flexibility index (Phi) is 5.36. The number of allylic oxidation sites excluding steroid dienone is 1. The first-order valence-electron chi connectivity index (χ1n) is 11.1. The number of esters is 1. The summed E-state index contributed by atoms with van der Waals surface area (Å²) in [5.41, 5.74) is 1.71. The average Bonchev–Trinajstić information content (AvgIpc) is 2.94. The highest BCUT2D eigenvalue weighted by Crippen LogP contribution is 2.66. The van der Waals surface area contributed by atoms with Gasteiger partial charge in [0.05, 0.1) is 11.2 Å². The van der Waals surface area contributed by atoms with Crippen LogP contribution in [-0.2, 0) is 14.3 Å². The highest BCUT2D eigenvalue weighted by molar-refractivity contribution is 7.78. The fourth-order valence-corrected chi connectivity index (χ4v) is 8.04. The number of fused-ring (bicyclic) bond motifs is 5. The Morgan fingerprint density at radius 2 is 1.97 bits per heavy atom. The fraction of sp³-hybridized carbons (Fsp3) is 0.792. The molecule has 0 aliphatic heterocycles. The van der Waals surface area contributed by atoms with Gasteiger partial charge in [0.15, 0.2) is 0 Å². The number of carbonyl (C=O) groups is 2. The summed E-state index contributed by atoms with van der Waals surface area (Å²) in [5.74, 6) is 1.80. The van der Waals surface area contributed by atoms with E-state index in [-0.39, 0.29) is 40.6 Å². The largest absolute Gasteiger partial charge is 0.462 e. The smallest absolute Gasteiger partial charge is 0.302 e. The maximum atomic E-state index is 12.6. The molecule has 1 unspecified atom stereocenters. The third-order valence-corrected chi connectivity index (χ3v) is 9.18. The highest BCUT2D eigenvalue weighted by atomic mass is 32.1. The predicted octanol–water partition coefficient (Wildman–Crippen LogP) is 5.17. The topological polar surface area (TPSA) is 55.7 Å². The van der Waals surface area contributed by atoms with Crippen molar-refractivity contribution in [2.45, 2.75) is 84.8 Å². The Labute approximate surface area is 179 Å². The molecule has 0 N–H and O–H groups in total. The second-order valence-corrected chi connectivity index (χ2v) is 10.6. The maximum Gasteiger partial charge on any atom is 0.302 e. The number of hydrogen-bond donors (Lipinski definition) is 0. The quantitative estimate of drug-likeness (QED) is 0.276. The molecule has 4 nitrogen and oxygen atoms in total. The molecule has 0 bridgehead atoms. The van der Waals surface area contributed by atoms with Gasteiger partial charge in [-0.3, -0.25) is 9.59 Å². The van der Waals surface area contributed by atoms with Crippen molar-refractivity contribution in [2.24, 2.45) is 39.5 Å². The molecule has 0 aromatic heterocycles. The third kappa shape index (κ3) is 3.25. The molecule has 4 aliphatic carbocycles. The minimum Gasteiger partial charge on any atom is -0.462 e. The minimum atomic E-state index is -0.173. The van der Waals surface area contributed by atoms with Crippen LogP contribution in [-0.4, -0.2) is 29.1 Å². The van der Waals surface area contributed by atoms with E-state index in [1.54, 1.807) is 6.92 Å². The van der Waals surface area contributed by atoms with Crippen molar-refractivity contribution >= 4 is 29.1 Å². The van der Waals surface area contributed by atoms with Crippen molar-refractivity contribution in [3.8, 4) is 0 Å². The molecule has 0 amide bonds. The maximum absolute atomic E-state index is 12.6. The standard InChI is InChI=1S/C24H33NO3S/c1-14(26)22-21(25-13-29)12-20-18-6-5-16-11-17(28-15(2)27)7-9-23(16,3)19(18)8-10-24(20,22)4/h5,17-22H,6-12H2,1-4H3/t17-,18+,19-,20-,21?,22-,23-,24-/m0/s1. The van der Waals surface area contributed by atoms with E-state index in [9.17, 15) is 9.59 Å². The lowest BCUT2D eigenvalue weighted by atomic mass is 9.47. The third-order valence-electron chi connectivity index (χ3n) is 9.08. The molecular formula is C24H33NO3S. The number of rotatable bonds is 3. The molecular weight excluding hydrogens is 382 g/mol. The molecule has 0 radical (unpaired) electrons. The van der Waals surface area contributed by atoms with Crippen molar-refractivity contribution in [1.29, 1.82) is 0 Å². The number of thiocarbonyl (C=S) groups is 1. The van der Waals surface area contributed by atoms with Gasteiger partial charge < -0.3 is 4.74 Å². The summed E-state index contributed by atoms with van der Waals surface area (Å²) in [5, 5.41) is 2.57. The van der Waals surface area contributed by atoms with Crippen LogP contribution < -0.4 is 0 Å². The van der Waals surface area contributed by atoms with Gasteiger partial charge in [-0.1, -0.05) is 25.5 Å². The Hall–Kier alpha value is -1.32. The number of hydrogen-bond acceptors (Lipinski definition) is 5. The summed E-state index contributed by atoms with van der Waals surface area (Å²) in [4.78, 5) is 28.5. The van der Waals surface area contributed by atoms with Gasteiger partial charge in [-0.05, 0) is 86.3 Å². The first-order valence-corrected chi connectivity index (χ1v) is 11.6. The Morgan fingerprint density at radius 1 is 1.21 bits per heavy atom. The summed E-state index contributed by atoms with van der Waals surface area (Å²) in [6.07, 6.45) is 9.68. The zero-order chi connectivity index (χ0) is 21.0. The average molecular weight is 416 g/mol. The monoisotopic (exact) mass is 415 g/mol. The molecule has 4 aliphatic rings. The first-order chi connectivity index (χ1) is 13.7. The number of ether oxygens (including phenoxy) is 1. The Bertz CT molecular complexity index is 800.